The summed E-state index contributed by atoms with van der Waals surface area (Å²) in [5.74, 6) is 1.55. The number of pyridine rings is 2. The van der Waals surface area contributed by atoms with Gasteiger partial charge in [-0.1, -0.05) is 0 Å². The highest BCUT2D eigenvalue weighted by Crippen LogP contribution is 2.36. The summed E-state index contributed by atoms with van der Waals surface area (Å²) in [7, 11) is 2.18. The van der Waals surface area contributed by atoms with E-state index in [1.807, 2.05) is 25.3 Å². The zero-order valence-corrected chi connectivity index (χ0v) is 19.5. The number of anilines is 1. The fourth-order valence-electron chi connectivity index (χ4n) is 3.43. The van der Waals surface area contributed by atoms with Gasteiger partial charge in [0.2, 0.25) is 0 Å². The summed E-state index contributed by atoms with van der Waals surface area (Å²) in [5, 5.41) is 1.22. The van der Waals surface area contributed by atoms with E-state index in [4.69, 9.17) is 15.5 Å². The van der Waals surface area contributed by atoms with Gasteiger partial charge in [0.05, 0.1) is 9.88 Å². The maximum absolute atomic E-state index is 6.07. The van der Waals surface area contributed by atoms with Crippen LogP contribution in [-0.2, 0) is 6.61 Å². The number of hydrogen-bond acceptors (Lipinski definition) is 7. The number of rotatable bonds is 5. The molecule has 1 fully saturated rings. The standard InChI is InChI=1S/C21H24IN5OS/c1-13-15(3-6-24-19(13)22)12-28-17-9-16(10-25-20(17)23)18-11-26-21(29-18)14-4-7-27(2)8-5-14/h3,6,9-11,14H,4-5,7-8,12H2,1-2H3,(H2,23,25). The molecule has 0 saturated carbocycles. The van der Waals surface area contributed by atoms with Gasteiger partial charge in [0.15, 0.2) is 11.6 Å². The van der Waals surface area contributed by atoms with Gasteiger partial charge < -0.3 is 15.4 Å². The highest BCUT2D eigenvalue weighted by atomic mass is 127. The average Bonchev–Trinajstić information content (AvgIpc) is 3.21. The van der Waals surface area contributed by atoms with E-state index < -0.39 is 0 Å². The molecule has 3 aromatic heterocycles. The van der Waals surface area contributed by atoms with Crippen molar-refractivity contribution in [1.82, 2.24) is 19.9 Å². The summed E-state index contributed by atoms with van der Waals surface area (Å²) in [5.41, 5.74) is 9.28. The van der Waals surface area contributed by atoms with Crippen LogP contribution in [0, 0.1) is 10.6 Å². The van der Waals surface area contributed by atoms with Crippen LogP contribution in [0.25, 0.3) is 10.4 Å². The number of ether oxygens (including phenoxy) is 1. The molecule has 0 aliphatic carbocycles. The number of aromatic nitrogens is 3. The third-order valence-corrected chi connectivity index (χ3v) is 7.69. The van der Waals surface area contributed by atoms with E-state index in [1.54, 1.807) is 23.7 Å². The van der Waals surface area contributed by atoms with E-state index >= 15 is 0 Å². The number of nitrogen functional groups attached to an aromatic ring is 1. The average molecular weight is 521 g/mol. The van der Waals surface area contributed by atoms with E-state index in [1.165, 1.54) is 17.8 Å². The third kappa shape index (κ3) is 4.70. The Hall–Kier alpha value is -1.78. The zero-order chi connectivity index (χ0) is 20.4. The molecule has 2 N–H and O–H groups in total. The largest absolute Gasteiger partial charge is 0.485 e. The number of thiazole rings is 1. The van der Waals surface area contributed by atoms with Gasteiger partial charge in [-0.3, -0.25) is 4.98 Å². The van der Waals surface area contributed by atoms with E-state index in [0.29, 0.717) is 24.1 Å². The maximum atomic E-state index is 6.07. The minimum absolute atomic E-state index is 0.398. The Balaban J connectivity index is 1.50. The zero-order valence-electron chi connectivity index (χ0n) is 16.6. The lowest BCUT2D eigenvalue weighted by Gasteiger charge is -2.27. The molecule has 0 unspecified atom stereocenters. The minimum atomic E-state index is 0.398. The van der Waals surface area contributed by atoms with Gasteiger partial charge in [0.25, 0.3) is 0 Å². The van der Waals surface area contributed by atoms with Gasteiger partial charge in [-0.2, -0.15) is 0 Å². The number of nitrogens with two attached hydrogens (primary N) is 1. The quantitative estimate of drug-likeness (QED) is 0.394. The highest BCUT2D eigenvalue weighted by molar-refractivity contribution is 14.1. The SMILES string of the molecule is Cc1c(COc2cc(-c3cnc(C4CCN(C)CC4)s3)cnc2N)ccnc1I. The van der Waals surface area contributed by atoms with E-state index in [-0.39, 0.29) is 0 Å². The van der Waals surface area contributed by atoms with Crippen LogP contribution in [0.15, 0.2) is 30.7 Å². The molecule has 6 nitrogen and oxygen atoms in total. The van der Waals surface area contributed by atoms with Gasteiger partial charge in [-0.05, 0) is 85.8 Å². The Morgan fingerprint density at radius 3 is 2.83 bits per heavy atom. The molecule has 29 heavy (non-hydrogen) atoms. The topological polar surface area (TPSA) is 77.2 Å². The normalized spacial score (nSPS) is 15.6. The fourth-order valence-corrected chi connectivity index (χ4v) is 5.00. The van der Waals surface area contributed by atoms with Crippen molar-refractivity contribution in [3.63, 3.8) is 0 Å². The predicted molar refractivity (Wildman–Crippen MR) is 125 cm³/mol. The van der Waals surface area contributed by atoms with Crippen molar-refractivity contribution in [2.45, 2.75) is 32.3 Å². The highest BCUT2D eigenvalue weighted by Gasteiger charge is 2.21. The van der Waals surface area contributed by atoms with Crippen LogP contribution in [0.5, 0.6) is 5.75 Å². The number of halogens is 1. The van der Waals surface area contributed by atoms with Crippen LogP contribution < -0.4 is 10.5 Å². The first-order valence-electron chi connectivity index (χ1n) is 9.64. The smallest absolute Gasteiger partial charge is 0.166 e. The second-order valence-corrected chi connectivity index (χ2v) is 9.51. The first-order chi connectivity index (χ1) is 14.0. The molecule has 8 heteroatoms. The number of hydrogen-bond donors (Lipinski definition) is 1. The lowest BCUT2D eigenvalue weighted by Crippen LogP contribution is -2.29. The number of piperidine rings is 1. The van der Waals surface area contributed by atoms with Crippen molar-refractivity contribution < 1.29 is 4.74 Å². The molecule has 0 aromatic carbocycles. The summed E-state index contributed by atoms with van der Waals surface area (Å²) >= 11 is 3.99. The third-order valence-electron chi connectivity index (χ3n) is 5.40. The molecule has 0 spiro atoms. The van der Waals surface area contributed by atoms with Crippen LogP contribution in [-0.4, -0.2) is 40.0 Å². The van der Waals surface area contributed by atoms with E-state index in [9.17, 15) is 0 Å². The lowest BCUT2D eigenvalue weighted by atomic mass is 9.98. The van der Waals surface area contributed by atoms with Crippen molar-refractivity contribution in [2.24, 2.45) is 0 Å². The van der Waals surface area contributed by atoms with Crippen LogP contribution in [0.3, 0.4) is 0 Å². The van der Waals surface area contributed by atoms with Crippen LogP contribution >= 0.6 is 33.9 Å². The molecule has 152 valence electrons. The lowest BCUT2D eigenvalue weighted by molar-refractivity contribution is 0.255. The number of nitrogens with zero attached hydrogens (tertiary/aromatic N) is 4. The molecule has 1 aliphatic heterocycles. The Morgan fingerprint density at radius 2 is 2.03 bits per heavy atom. The summed E-state index contributed by atoms with van der Waals surface area (Å²) in [4.78, 5) is 16.8. The maximum Gasteiger partial charge on any atom is 0.166 e. The first-order valence-corrected chi connectivity index (χ1v) is 11.5. The summed E-state index contributed by atoms with van der Waals surface area (Å²) in [6, 6.07) is 3.94. The second kappa shape index (κ2) is 8.93. The van der Waals surface area contributed by atoms with Crippen LogP contribution in [0.4, 0.5) is 5.82 Å². The summed E-state index contributed by atoms with van der Waals surface area (Å²) in [6.07, 6.45) is 7.89. The van der Waals surface area contributed by atoms with Crippen molar-refractivity contribution >= 4 is 39.7 Å². The van der Waals surface area contributed by atoms with Crippen LogP contribution in [0.2, 0.25) is 0 Å². The molecule has 1 saturated heterocycles. The molecule has 4 heterocycles. The Bertz CT molecular complexity index is 1000. The molecule has 0 bridgehead atoms. The van der Waals surface area contributed by atoms with Gasteiger partial charge in [-0.15, -0.1) is 11.3 Å². The monoisotopic (exact) mass is 521 g/mol. The Labute approximate surface area is 188 Å². The minimum Gasteiger partial charge on any atom is -0.485 e. The van der Waals surface area contributed by atoms with Crippen molar-refractivity contribution in [3.8, 4) is 16.2 Å². The summed E-state index contributed by atoms with van der Waals surface area (Å²) in [6.45, 7) is 4.75. The first kappa shape index (κ1) is 20.5. The van der Waals surface area contributed by atoms with Gasteiger partial charge in [0.1, 0.15) is 10.3 Å². The Kier molecular flexibility index (Phi) is 6.31. The van der Waals surface area contributed by atoms with E-state index in [0.717, 1.165) is 38.4 Å². The van der Waals surface area contributed by atoms with Crippen molar-refractivity contribution in [3.05, 3.63) is 50.6 Å². The molecule has 0 radical (unpaired) electrons. The second-order valence-electron chi connectivity index (χ2n) is 7.42. The molecule has 1 aliphatic rings. The van der Waals surface area contributed by atoms with Gasteiger partial charge in [0, 0.05) is 30.1 Å². The van der Waals surface area contributed by atoms with Gasteiger partial charge in [-0.25, -0.2) is 9.97 Å². The number of likely N-dealkylation sites (tertiary alicyclic amines) is 1. The van der Waals surface area contributed by atoms with Crippen molar-refractivity contribution in [1.29, 1.82) is 0 Å². The molecule has 0 atom stereocenters. The van der Waals surface area contributed by atoms with E-state index in [2.05, 4.69) is 44.5 Å². The Morgan fingerprint density at radius 1 is 1.24 bits per heavy atom. The molecule has 4 rings (SSSR count). The molecule has 0 amide bonds. The van der Waals surface area contributed by atoms with Crippen LogP contribution in [0.1, 0.15) is 34.9 Å². The van der Waals surface area contributed by atoms with Crippen molar-refractivity contribution in [2.75, 3.05) is 25.9 Å². The molecular formula is C21H24IN5OS. The molecular weight excluding hydrogens is 497 g/mol. The predicted octanol–water partition coefficient (Wildman–Crippen LogP) is 4.48. The molecule has 3 aromatic rings. The van der Waals surface area contributed by atoms with Gasteiger partial charge >= 0.3 is 0 Å². The summed E-state index contributed by atoms with van der Waals surface area (Å²) < 4.78 is 7.00. The fraction of sp³-hybridized carbons (Fsp3) is 0.381.